The number of hydrogen-bond donors (Lipinski definition) is 2. The Morgan fingerprint density at radius 1 is 0.966 bits per heavy atom. The Labute approximate surface area is 183 Å². The maximum atomic E-state index is 8.77. The Kier molecular flexibility index (Phi) is 15.3. The van der Waals surface area contributed by atoms with Crippen molar-refractivity contribution in [3.63, 3.8) is 0 Å². The first-order valence-corrected chi connectivity index (χ1v) is 12.5. The van der Waals surface area contributed by atoms with E-state index in [-0.39, 0.29) is 1.43 Å². The van der Waals surface area contributed by atoms with Gasteiger partial charge in [0.05, 0.1) is 6.61 Å². The highest BCUT2D eigenvalue weighted by Crippen LogP contribution is 2.28. The molecule has 29 heavy (non-hydrogen) atoms. The van der Waals surface area contributed by atoms with Gasteiger partial charge < -0.3 is 20.6 Å². The van der Waals surface area contributed by atoms with E-state index in [1.165, 1.54) is 64.5 Å². The average molecular weight is 415 g/mol. The van der Waals surface area contributed by atoms with Crippen molar-refractivity contribution in [2.45, 2.75) is 78.2 Å². The minimum Gasteiger partial charge on any atom is -0.395 e. The topological polar surface area (TPSA) is 56.0 Å². The largest absolute Gasteiger partial charge is 0.395 e. The summed E-state index contributed by atoms with van der Waals surface area (Å²) in [5.41, 5.74) is 4.85. The fourth-order valence-corrected chi connectivity index (χ4v) is 4.61. The Balaban J connectivity index is 0.000000482. The van der Waals surface area contributed by atoms with Gasteiger partial charge in [0, 0.05) is 53.3 Å². The van der Waals surface area contributed by atoms with Gasteiger partial charge in [-0.3, -0.25) is 4.90 Å². The summed E-state index contributed by atoms with van der Waals surface area (Å²) in [7, 11) is 2.33. The molecule has 0 aromatic heterocycles. The molecule has 0 aromatic rings. The van der Waals surface area contributed by atoms with Crippen molar-refractivity contribution in [1.82, 2.24) is 14.7 Å². The van der Waals surface area contributed by atoms with E-state index in [9.17, 15) is 0 Å². The fraction of sp³-hybridized carbons (Fsp3) is 1.00. The van der Waals surface area contributed by atoms with Crippen molar-refractivity contribution in [3.8, 4) is 0 Å². The van der Waals surface area contributed by atoms with Crippen LogP contribution in [0.15, 0.2) is 0 Å². The van der Waals surface area contributed by atoms with Gasteiger partial charge in [0.1, 0.15) is 0 Å². The molecule has 0 radical (unpaired) electrons. The highest BCUT2D eigenvalue weighted by Gasteiger charge is 2.24. The van der Waals surface area contributed by atoms with Crippen LogP contribution < -0.4 is 5.73 Å². The lowest BCUT2D eigenvalue weighted by molar-refractivity contribution is 0.105. The van der Waals surface area contributed by atoms with Crippen LogP contribution in [0.4, 0.5) is 0 Å². The molecule has 1 aliphatic heterocycles. The summed E-state index contributed by atoms with van der Waals surface area (Å²) in [6.45, 7) is 15.5. The molecule has 3 N–H and O–H groups in total. The van der Waals surface area contributed by atoms with Crippen LogP contribution in [-0.2, 0) is 0 Å². The highest BCUT2D eigenvalue weighted by molar-refractivity contribution is 4.80. The van der Waals surface area contributed by atoms with Gasteiger partial charge in [0.25, 0.3) is 0 Å². The molecule has 1 saturated heterocycles. The van der Waals surface area contributed by atoms with E-state index in [0.29, 0.717) is 6.61 Å². The molecule has 5 heteroatoms. The van der Waals surface area contributed by atoms with E-state index in [1.807, 2.05) is 6.92 Å². The first kappa shape index (κ1) is 26.8. The lowest BCUT2D eigenvalue weighted by atomic mass is 9.86. The monoisotopic (exact) mass is 414 g/mol. The van der Waals surface area contributed by atoms with Crippen LogP contribution in [0.25, 0.3) is 0 Å². The second kappa shape index (κ2) is 16.5. The lowest BCUT2D eigenvalue weighted by Gasteiger charge is -2.37. The SMILES string of the molecule is CC(C)CN1CCN(CCO)CC1.CCN.CN(CC1CCCCC1)C1CCC1.[HH]. The molecule has 176 valence electrons. The standard InChI is InChI=1S/C12H23N.C10H22N2O.C2H7N.H2/c1-13(12-8-5-9-12)10-11-6-3-2-4-7-11;1-10(2)9-12-5-3-11(4-6-12)7-8-13;1-2-3;/h11-12H,2-10H2,1H3;10,13H,3-9H2,1-2H3;2-3H2,1H3;1H. The normalized spacial score (nSPS) is 21.9. The summed E-state index contributed by atoms with van der Waals surface area (Å²) in [6, 6.07) is 0.946. The van der Waals surface area contributed by atoms with Gasteiger partial charge in [-0.1, -0.05) is 46.5 Å². The number of nitrogens with two attached hydrogens (primary N) is 1. The number of aliphatic hydroxyl groups excluding tert-OH is 1. The molecule has 0 unspecified atom stereocenters. The Bertz CT molecular complexity index is 368. The Hall–Kier alpha value is -0.200. The van der Waals surface area contributed by atoms with Crippen LogP contribution >= 0.6 is 0 Å². The maximum Gasteiger partial charge on any atom is 0.0558 e. The molecule has 0 bridgehead atoms. The molecule has 0 spiro atoms. The van der Waals surface area contributed by atoms with E-state index in [2.05, 4.69) is 35.6 Å². The molecule has 1 heterocycles. The van der Waals surface area contributed by atoms with Crippen LogP contribution in [0.2, 0.25) is 0 Å². The molecule has 2 aliphatic carbocycles. The summed E-state index contributed by atoms with van der Waals surface area (Å²) < 4.78 is 0. The Morgan fingerprint density at radius 2 is 1.52 bits per heavy atom. The van der Waals surface area contributed by atoms with E-state index >= 15 is 0 Å². The van der Waals surface area contributed by atoms with Crippen molar-refractivity contribution < 1.29 is 6.53 Å². The average Bonchev–Trinajstić information content (AvgIpc) is 2.64. The van der Waals surface area contributed by atoms with Gasteiger partial charge in [0.15, 0.2) is 0 Å². The molecule has 0 atom stereocenters. The number of aliphatic hydroxyl groups is 1. The molecule has 0 aromatic carbocycles. The second-order valence-corrected chi connectivity index (χ2v) is 9.70. The van der Waals surface area contributed by atoms with Gasteiger partial charge in [0.2, 0.25) is 0 Å². The number of piperazine rings is 1. The third-order valence-electron chi connectivity index (χ3n) is 6.47. The zero-order valence-electron chi connectivity index (χ0n) is 20.1. The van der Waals surface area contributed by atoms with Crippen molar-refractivity contribution in [1.29, 1.82) is 0 Å². The highest BCUT2D eigenvalue weighted by atomic mass is 16.3. The predicted molar refractivity (Wildman–Crippen MR) is 128 cm³/mol. The van der Waals surface area contributed by atoms with Gasteiger partial charge >= 0.3 is 0 Å². The van der Waals surface area contributed by atoms with Crippen molar-refractivity contribution in [3.05, 3.63) is 0 Å². The van der Waals surface area contributed by atoms with Crippen molar-refractivity contribution in [2.24, 2.45) is 17.6 Å². The molecule has 3 fully saturated rings. The molecular weight excluding hydrogens is 360 g/mol. The van der Waals surface area contributed by atoms with Gasteiger partial charge in [-0.25, -0.2) is 0 Å². The van der Waals surface area contributed by atoms with E-state index in [1.54, 1.807) is 0 Å². The fourth-order valence-electron chi connectivity index (χ4n) is 4.61. The predicted octanol–water partition coefficient (Wildman–Crippen LogP) is 3.51. The zero-order valence-corrected chi connectivity index (χ0v) is 20.1. The van der Waals surface area contributed by atoms with E-state index in [4.69, 9.17) is 10.8 Å². The quantitative estimate of drug-likeness (QED) is 0.667. The van der Waals surface area contributed by atoms with Crippen LogP contribution in [0.5, 0.6) is 0 Å². The van der Waals surface area contributed by atoms with E-state index in [0.717, 1.165) is 57.1 Å². The minimum absolute atomic E-state index is 0. The van der Waals surface area contributed by atoms with Crippen LogP contribution in [-0.4, -0.2) is 91.9 Å². The molecule has 5 nitrogen and oxygen atoms in total. The van der Waals surface area contributed by atoms with Crippen molar-refractivity contribution >= 4 is 0 Å². The molecule has 2 saturated carbocycles. The summed E-state index contributed by atoms with van der Waals surface area (Å²) in [5, 5.41) is 8.77. The third-order valence-corrected chi connectivity index (χ3v) is 6.47. The van der Waals surface area contributed by atoms with Gasteiger partial charge in [-0.05, 0) is 51.1 Å². The Morgan fingerprint density at radius 3 is 1.97 bits per heavy atom. The maximum absolute atomic E-state index is 8.77. The zero-order chi connectivity index (χ0) is 21.5. The number of β-amino-alcohol motifs (C(OH)–C–C–N with tert-alkyl or cyclic N) is 1. The summed E-state index contributed by atoms with van der Waals surface area (Å²) in [4.78, 5) is 7.47. The molecule has 3 rings (SSSR count). The minimum atomic E-state index is 0. The summed E-state index contributed by atoms with van der Waals surface area (Å²) >= 11 is 0. The van der Waals surface area contributed by atoms with E-state index < -0.39 is 0 Å². The number of nitrogens with zero attached hydrogens (tertiary/aromatic N) is 3. The lowest BCUT2D eigenvalue weighted by Crippen LogP contribution is -2.48. The van der Waals surface area contributed by atoms with Crippen LogP contribution in [0, 0.1) is 11.8 Å². The number of rotatable bonds is 7. The van der Waals surface area contributed by atoms with Crippen LogP contribution in [0.3, 0.4) is 0 Å². The first-order chi connectivity index (χ1) is 14.0. The first-order valence-electron chi connectivity index (χ1n) is 12.5. The molecule has 0 amide bonds. The van der Waals surface area contributed by atoms with Gasteiger partial charge in [-0.2, -0.15) is 0 Å². The molecular formula is C24H54N4O. The second-order valence-electron chi connectivity index (χ2n) is 9.70. The molecule has 3 aliphatic rings. The summed E-state index contributed by atoms with van der Waals surface area (Å²) in [5.74, 6) is 1.80. The smallest absolute Gasteiger partial charge is 0.0558 e. The third kappa shape index (κ3) is 12.3. The van der Waals surface area contributed by atoms with Crippen molar-refractivity contribution in [2.75, 3.05) is 66.0 Å². The number of hydrogen-bond acceptors (Lipinski definition) is 5. The summed E-state index contributed by atoms with van der Waals surface area (Å²) in [6.07, 6.45) is 11.9. The van der Waals surface area contributed by atoms with Crippen LogP contribution in [0.1, 0.15) is 73.6 Å². The van der Waals surface area contributed by atoms with Gasteiger partial charge in [-0.15, -0.1) is 0 Å².